The third-order valence-electron chi connectivity index (χ3n) is 0.503. The molecule has 10 heavy (non-hydrogen) atoms. The Hall–Kier alpha value is -0.340. The summed E-state index contributed by atoms with van der Waals surface area (Å²) in [7, 11) is -4.89. The Balaban J connectivity index is 0. The molecule has 4 nitrogen and oxygen atoms in total. The predicted octanol–water partition coefficient (Wildman–Crippen LogP) is 0.644. The smallest absolute Gasteiger partial charge is 0.344 e. The molecule has 0 spiro atoms. The van der Waals surface area contributed by atoms with E-state index in [9.17, 15) is 21.6 Å². The standard InChI is InChI=1S/C2H3F3O3S.H3N/c1-8-9(6,7)2(3,4)5;/h1H3;1H3. The van der Waals surface area contributed by atoms with Crippen LogP contribution in [-0.4, -0.2) is 21.0 Å². The first-order chi connectivity index (χ1) is 3.81. The van der Waals surface area contributed by atoms with Crippen LogP contribution in [-0.2, 0) is 14.3 Å². The quantitative estimate of drug-likeness (QED) is 0.475. The molecule has 0 unspecified atom stereocenters. The highest BCUT2D eigenvalue weighted by molar-refractivity contribution is 7.87. The summed E-state index contributed by atoms with van der Waals surface area (Å²) in [5.41, 5.74) is -5.30. The molecule has 0 aromatic rings. The molecular formula is C2H6F3NO3S. The predicted molar refractivity (Wildman–Crippen MR) is 27.0 cm³/mol. The van der Waals surface area contributed by atoms with E-state index >= 15 is 0 Å². The monoisotopic (exact) mass is 181 g/mol. The summed E-state index contributed by atoms with van der Waals surface area (Å²) in [5.74, 6) is 0. The molecule has 0 atom stereocenters. The van der Waals surface area contributed by atoms with E-state index < -0.39 is 15.6 Å². The summed E-state index contributed by atoms with van der Waals surface area (Å²) in [6.07, 6.45) is 0. The molecule has 0 aliphatic carbocycles. The maximum atomic E-state index is 11.1. The number of alkyl halides is 3. The second-order valence-corrected chi connectivity index (χ2v) is 2.77. The molecule has 0 rings (SSSR count). The van der Waals surface area contributed by atoms with Crippen LogP contribution >= 0.6 is 0 Å². The van der Waals surface area contributed by atoms with Crippen molar-refractivity contribution in [2.45, 2.75) is 5.51 Å². The van der Waals surface area contributed by atoms with Crippen molar-refractivity contribution < 1.29 is 25.8 Å². The Labute approximate surface area is 55.7 Å². The summed E-state index contributed by atoms with van der Waals surface area (Å²) in [4.78, 5) is 0. The maximum absolute atomic E-state index is 11.1. The van der Waals surface area contributed by atoms with E-state index in [0.717, 1.165) is 0 Å². The number of halogens is 3. The van der Waals surface area contributed by atoms with Crippen LogP contribution in [0.5, 0.6) is 0 Å². The molecule has 0 aliphatic heterocycles. The fraction of sp³-hybridized carbons (Fsp3) is 1.00. The molecule has 0 aliphatic rings. The van der Waals surface area contributed by atoms with E-state index in [2.05, 4.69) is 4.18 Å². The molecule has 0 radical (unpaired) electrons. The van der Waals surface area contributed by atoms with Gasteiger partial charge < -0.3 is 6.15 Å². The van der Waals surface area contributed by atoms with Gasteiger partial charge in [-0.3, -0.25) is 4.18 Å². The SMILES string of the molecule is COS(=O)(=O)C(F)(F)F.N. The van der Waals surface area contributed by atoms with Gasteiger partial charge in [-0.15, -0.1) is 0 Å². The lowest BCUT2D eigenvalue weighted by atomic mass is 11.6. The van der Waals surface area contributed by atoms with E-state index in [1.165, 1.54) is 0 Å². The lowest BCUT2D eigenvalue weighted by molar-refractivity contribution is -0.0526. The maximum Gasteiger partial charge on any atom is 0.523 e. The number of rotatable bonds is 1. The summed E-state index contributed by atoms with van der Waals surface area (Å²) in [5, 5.41) is 0. The van der Waals surface area contributed by atoms with Gasteiger partial charge in [0.05, 0.1) is 7.11 Å². The van der Waals surface area contributed by atoms with Crippen molar-refractivity contribution in [1.29, 1.82) is 0 Å². The molecule has 0 saturated carbocycles. The minimum atomic E-state index is -5.34. The second kappa shape index (κ2) is 3.17. The van der Waals surface area contributed by atoms with Crippen molar-refractivity contribution in [3.05, 3.63) is 0 Å². The molecule has 0 amide bonds. The molecule has 3 N–H and O–H groups in total. The average Bonchev–Trinajstić information content (AvgIpc) is 1.64. The molecule has 64 valence electrons. The van der Waals surface area contributed by atoms with E-state index in [1.807, 2.05) is 0 Å². The Morgan fingerprint density at radius 3 is 1.60 bits per heavy atom. The fourth-order valence-electron chi connectivity index (χ4n) is 0.0945. The fourth-order valence-corrected chi connectivity index (χ4v) is 0.283. The van der Waals surface area contributed by atoms with Crippen LogP contribution in [0, 0.1) is 0 Å². The zero-order valence-corrected chi connectivity index (χ0v) is 5.79. The summed E-state index contributed by atoms with van der Waals surface area (Å²) in [6, 6.07) is 0. The minimum absolute atomic E-state index is 0. The van der Waals surface area contributed by atoms with Crippen LogP contribution in [0.1, 0.15) is 0 Å². The van der Waals surface area contributed by atoms with Crippen molar-refractivity contribution in [3.8, 4) is 0 Å². The van der Waals surface area contributed by atoms with E-state index in [0.29, 0.717) is 7.11 Å². The van der Waals surface area contributed by atoms with Crippen LogP contribution in [0.3, 0.4) is 0 Å². The zero-order valence-electron chi connectivity index (χ0n) is 4.97. The van der Waals surface area contributed by atoms with Crippen LogP contribution < -0.4 is 6.15 Å². The van der Waals surface area contributed by atoms with Gasteiger partial charge in [-0.2, -0.15) is 21.6 Å². The van der Waals surface area contributed by atoms with Crippen molar-refractivity contribution in [2.75, 3.05) is 7.11 Å². The summed E-state index contributed by atoms with van der Waals surface area (Å²) in [6.45, 7) is 0. The first-order valence-corrected chi connectivity index (χ1v) is 3.09. The first kappa shape index (κ1) is 12.3. The molecule has 0 aromatic heterocycles. The zero-order chi connectivity index (χ0) is 7.71. The van der Waals surface area contributed by atoms with Crippen molar-refractivity contribution in [2.24, 2.45) is 0 Å². The topological polar surface area (TPSA) is 78.4 Å². The lowest BCUT2D eigenvalue weighted by Gasteiger charge is -2.02. The Morgan fingerprint density at radius 1 is 1.30 bits per heavy atom. The van der Waals surface area contributed by atoms with Crippen molar-refractivity contribution >= 4 is 10.1 Å². The van der Waals surface area contributed by atoms with Gasteiger partial charge in [-0.1, -0.05) is 0 Å². The number of hydrogen-bond donors (Lipinski definition) is 1. The van der Waals surface area contributed by atoms with Gasteiger partial charge in [-0.05, 0) is 0 Å². The third-order valence-corrected chi connectivity index (χ3v) is 1.51. The lowest BCUT2D eigenvalue weighted by Crippen LogP contribution is -2.23. The molecule has 8 heteroatoms. The molecule has 0 fully saturated rings. The van der Waals surface area contributed by atoms with E-state index in [1.54, 1.807) is 0 Å². The van der Waals surface area contributed by atoms with Crippen LogP contribution in [0.2, 0.25) is 0 Å². The molecular weight excluding hydrogens is 175 g/mol. The third kappa shape index (κ3) is 2.50. The van der Waals surface area contributed by atoms with Gasteiger partial charge >= 0.3 is 15.6 Å². The van der Waals surface area contributed by atoms with Crippen molar-refractivity contribution in [1.82, 2.24) is 6.15 Å². The van der Waals surface area contributed by atoms with Crippen molar-refractivity contribution in [3.63, 3.8) is 0 Å². The minimum Gasteiger partial charge on any atom is -0.344 e. The molecule has 0 bridgehead atoms. The van der Waals surface area contributed by atoms with Crippen LogP contribution in [0.15, 0.2) is 0 Å². The van der Waals surface area contributed by atoms with Gasteiger partial charge in [0.25, 0.3) is 0 Å². The highest BCUT2D eigenvalue weighted by Crippen LogP contribution is 2.23. The second-order valence-electron chi connectivity index (χ2n) is 1.07. The van der Waals surface area contributed by atoms with Crippen LogP contribution in [0.4, 0.5) is 13.2 Å². The summed E-state index contributed by atoms with van der Waals surface area (Å²) >= 11 is 0. The largest absolute Gasteiger partial charge is 0.523 e. The van der Waals surface area contributed by atoms with Gasteiger partial charge in [0.15, 0.2) is 0 Å². The van der Waals surface area contributed by atoms with E-state index in [-0.39, 0.29) is 6.15 Å². The summed E-state index contributed by atoms with van der Waals surface area (Å²) < 4.78 is 55.9. The van der Waals surface area contributed by atoms with Gasteiger partial charge in [-0.25, -0.2) is 0 Å². The van der Waals surface area contributed by atoms with Crippen LogP contribution in [0.25, 0.3) is 0 Å². The van der Waals surface area contributed by atoms with E-state index in [4.69, 9.17) is 0 Å². The molecule has 0 aromatic carbocycles. The molecule has 0 heterocycles. The van der Waals surface area contributed by atoms with Gasteiger partial charge in [0.1, 0.15) is 0 Å². The highest BCUT2D eigenvalue weighted by Gasteiger charge is 2.46. The Morgan fingerprint density at radius 2 is 1.60 bits per heavy atom. The normalized spacial score (nSPS) is 12.4. The Bertz CT molecular complexity index is 182. The van der Waals surface area contributed by atoms with Gasteiger partial charge in [0.2, 0.25) is 0 Å². The molecule has 0 saturated heterocycles. The average molecular weight is 181 g/mol. The number of hydrogen-bond acceptors (Lipinski definition) is 4. The Kier molecular flexibility index (Phi) is 3.91. The van der Waals surface area contributed by atoms with Gasteiger partial charge in [0, 0.05) is 0 Å². The first-order valence-electron chi connectivity index (χ1n) is 1.68. The highest BCUT2D eigenvalue weighted by atomic mass is 32.2.